The Balaban J connectivity index is 0. The number of carbonyl (C=O) groups is 2. The van der Waals surface area contributed by atoms with Gasteiger partial charge in [-0.1, -0.05) is 71.1 Å². The Morgan fingerprint density at radius 1 is 0.818 bits per heavy atom. The predicted molar refractivity (Wildman–Crippen MR) is 82.8 cm³/mol. The molecule has 0 saturated heterocycles. The van der Waals surface area contributed by atoms with Gasteiger partial charge in [0.25, 0.3) is 0 Å². The highest BCUT2D eigenvalue weighted by atomic mass is 16.4. The maximum absolute atomic E-state index is 10.1. The first-order chi connectivity index (χ1) is 10.4. The second kappa shape index (κ2) is 18.0. The van der Waals surface area contributed by atoms with E-state index in [2.05, 4.69) is 6.92 Å². The number of carbonyl (C=O) groups excluding carboxylic acids is 2. The molecule has 0 spiro atoms. The number of rotatable bonds is 13. The van der Waals surface area contributed by atoms with Crippen LogP contribution in [0, 0.1) is 0 Å². The van der Waals surface area contributed by atoms with E-state index in [4.69, 9.17) is 5.11 Å². The number of aliphatic hydroxyl groups is 1. The van der Waals surface area contributed by atoms with E-state index < -0.39 is 18.0 Å². The lowest BCUT2D eigenvalue weighted by Gasteiger charge is -2.03. The summed E-state index contributed by atoms with van der Waals surface area (Å²) in [6, 6.07) is 0. The van der Waals surface area contributed by atoms with Gasteiger partial charge in [-0.2, -0.15) is 0 Å². The van der Waals surface area contributed by atoms with Gasteiger partial charge >= 0.3 is 0 Å². The molecule has 0 amide bonds. The minimum Gasteiger partial charge on any atom is -0.550 e. The summed E-state index contributed by atoms with van der Waals surface area (Å²) in [6.45, 7) is 3.38. The number of carboxylic acids is 2. The first kappa shape index (κ1) is 23.2. The molecule has 0 aromatic rings. The molecule has 0 rings (SSSR count). The zero-order valence-electron chi connectivity index (χ0n) is 14.1. The van der Waals surface area contributed by atoms with Gasteiger partial charge in [0.1, 0.15) is 0 Å². The summed E-state index contributed by atoms with van der Waals surface area (Å²) >= 11 is 0. The number of carboxylic acid groups (broad SMARTS) is 2. The van der Waals surface area contributed by atoms with E-state index in [9.17, 15) is 19.8 Å². The van der Waals surface area contributed by atoms with Gasteiger partial charge in [-0.15, -0.1) is 0 Å². The lowest BCUT2D eigenvalue weighted by molar-refractivity contribution is -0.314. The Labute approximate surface area is 134 Å². The van der Waals surface area contributed by atoms with Crippen molar-refractivity contribution < 1.29 is 24.9 Å². The average molecular weight is 316 g/mol. The van der Waals surface area contributed by atoms with E-state index in [1.54, 1.807) is 0 Å². The molecule has 0 aliphatic carbocycles. The quantitative estimate of drug-likeness (QED) is 0.520. The van der Waals surface area contributed by atoms with Crippen molar-refractivity contribution in [3.8, 4) is 0 Å². The number of aliphatic hydroxyl groups excluding tert-OH is 1. The largest absolute Gasteiger partial charge is 0.550 e. The summed E-state index contributed by atoms with van der Waals surface area (Å²) in [6.07, 6.45) is 12.7. The molecule has 0 aromatic heterocycles. The Hall–Kier alpha value is -1.10. The zero-order chi connectivity index (χ0) is 17.2. The highest BCUT2D eigenvalue weighted by molar-refractivity contribution is 5.68. The third-order valence-corrected chi connectivity index (χ3v) is 3.33. The summed E-state index contributed by atoms with van der Waals surface area (Å²) in [4.78, 5) is 19.5. The normalized spacial score (nSPS) is 11.4. The van der Waals surface area contributed by atoms with Gasteiger partial charge < -0.3 is 24.9 Å². The predicted octanol–water partition coefficient (Wildman–Crippen LogP) is 1.55. The molecule has 5 heteroatoms. The van der Waals surface area contributed by atoms with Crippen molar-refractivity contribution in [1.82, 2.24) is 0 Å². The molecule has 0 aromatic carbocycles. The van der Waals surface area contributed by atoms with Crippen LogP contribution < -0.4 is 10.2 Å². The van der Waals surface area contributed by atoms with Gasteiger partial charge in [-0.25, -0.2) is 0 Å². The van der Waals surface area contributed by atoms with Gasteiger partial charge in [0.05, 0.1) is 12.1 Å². The van der Waals surface area contributed by atoms with Crippen LogP contribution in [-0.4, -0.2) is 23.1 Å². The van der Waals surface area contributed by atoms with Crippen LogP contribution in [0.5, 0.6) is 0 Å². The van der Waals surface area contributed by atoms with Crippen molar-refractivity contribution in [2.45, 2.75) is 97.0 Å². The van der Waals surface area contributed by atoms with E-state index in [1.165, 1.54) is 57.8 Å². The smallest absolute Gasteiger partial charge is 0.0905 e. The van der Waals surface area contributed by atoms with Gasteiger partial charge in [0.2, 0.25) is 0 Å². The molecule has 1 atom stereocenters. The van der Waals surface area contributed by atoms with Crippen LogP contribution in [0.3, 0.4) is 0 Å². The molecule has 0 bridgehead atoms. The number of hydrogen-bond acceptors (Lipinski definition) is 5. The van der Waals surface area contributed by atoms with Crippen molar-refractivity contribution in [1.29, 1.82) is 0 Å². The Bertz CT molecular complexity index is 264. The van der Waals surface area contributed by atoms with Crippen LogP contribution in [0.4, 0.5) is 0 Å². The summed E-state index contributed by atoms with van der Waals surface area (Å²) in [7, 11) is 0. The Kier molecular flexibility index (Phi) is 18.9. The van der Waals surface area contributed by atoms with Gasteiger partial charge in [-0.3, -0.25) is 0 Å². The van der Waals surface area contributed by atoms with Crippen LogP contribution in [0.15, 0.2) is 0 Å². The topological polar surface area (TPSA) is 100 Å². The molecule has 0 aliphatic heterocycles. The summed E-state index contributed by atoms with van der Waals surface area (Å²) < 4.78 is 0. The SMILES string of the molecule is CC(O)C(=O)[O-].CCCCCCCCCCCCCC(=O)[O-]. The molecule has 22 heavy (non-hydrogen) atoms. The molecule has 0 saturated carbocycles. The van der Waals surface area contributed by atoms with E-state index in [1.807, 2.05) is 0 Å². The first-order valence-electron chi connectivity index (χ1n) is 8.50. The van der Waals surface area contributed by atoms with Crippen LogP contribution in [-0.2, 0) is 9.59 Å². The molecule has 0 heterocycles. The minimum absolute atomic E-state index is 0.233. The van der Waals surface area contributed by atoms with Crippen molar-refractivity contribution in [2.75, 3.05) is 0 Å². The average Bonchev–Trinajstić information content (AvgIpc) is 2.45. The van der Waals surface area contributed by atoms with Crippen LogP contribution >= 0.6 is 0 Å². The van der Waals surface area contributed by atoms with E-state index in [0.29, 0.717) is 0 Å². The van der Waals surface area contributed by atoms with Gasteiger partial charge in [0.15, 0.2) is 0 Å². The maximum Gasteiger partial charge on any atom is 0.0905 e. The zero-order valence-corrected chi connectivity index (χ0v) is 14.1. The molecule has 1 N–H and O–H groups in total. The number of hydrogen-bond donors (Lipinski definition) is 1. The van der Waals surface area contributed by atoms with Gasteiger partial charge in [-0.05, 0) is 19.8 Å². The monoisotopic (exact) mass is 316 g/mol. The number of unbranched alkanes of at least 4 members (excludes halogenated alkanes) is 10. The highest BCUT2D eigenvalue weighted by Crippen LogP contribution is 2.11. The minimum atomic E-state index is -1.44. The van der Waals surface area contributed by atoms with Crippen molar-refractivity contribution >= 4 is 11.9 Å². The molecule has 5 nitrogen and oxygen atoms in total. The van der Waals surface area contributed by atoms with Crippen LogP contribution in [0.1, 0.15) is 90.9 Å². The third kappa shape index (κ3) is 24.0. The van der Waals surface area contributed by atoms with Crippen molar-refractivity contribution in [3.05, 3.63) is 0 Å². The van der Waals surface area contributed by atoms with Crippen molar-refractivity contribution in [2.24, 2.45) is 0 Å². The molecule has 0 fully saturated rings. The molecular weight excluding hydrogens is 284 g/mol. The Morgan fingerprint density at radius 3 is 1.41 bits per heavy atom. The summed E-state index contributed by atoms with van der Waals surface area (Å²) in [5, 5.41) is 27.5. The van der Waals surface area contributed by atoms with E-state index >= 15 is 0 Å². The van der Waals surface area contributed by atoms with E-state index in [-0.39, 0.29) is 6.42 Å². The fourth-order valence-corrected chi connectivity index (χ4v) is 1.93. The highest BCUT2D eigenvalue weighted by Gasteiger charge is 1.93. The lowest BCUT2D eigenvalue weighted by Crippen LogP contribution is -2.32. The maximum atomic E-state index is 10.1. The summed E-state index contributed by atoms with van der Waals surface area (Å²) in [5.41, 5.74) is 0. The second-order valence-electron chi connectivity index (χ2n) is 5.65. The third-order valence-electron chi connectivity index (χ3n) is 3.33. The van der Waals surface area contributed by atoms with E-state index in [0.717, 1.165) is 19.8 Å². The summed E-state index contributed by atoms with van der Waals surface area (Å²) in [5.74, 6) is -2.34. The van der Waals surface area contributed by atoms with Crippen LogP contribution in [0.25, 0.3) is 0 Å². The molecular formula is C17H32O5-2. The molecule has 132 valence electrons. The fourth-order valence-electron chi connectivity index (χ4n) is 1.93. The molecule has 0 radical (unpaired) electrons. The fraction of sp³-hybridized carbons (Fsp3) is 0.882. The second-order valence-corrected chi connectivity index (χ2v) is 5.65. The van der Waals surface area contributed by atoms with Crippen LogP contribution in [0.2, 0.25) is 0 Å². The lowest BCUT2D eigenvalue weighted by atomic mass is 10.1. The Morgan fingerprint density at radius 2 is 1.14 bits per heavy atom. The van der Waals surface area contributed by atoms with Crippen molar-refractivity contribution in [3.63, 3.8) is 0 Å². The van der Waals surface area contributed by atoms with Gasteiger partial charge in [0, 0.05) is 5.97 Å². The molecule has 1 unspecified atom stereocenters. The first-order valence-corrected chi connectivity index (χ1v) is 8.50. The standard InChI is InChI=1S/C14H28O2.C3H6O3/c1-2-3-4-5-6-7-8-9-10-11-12-13-14(15)16;1-2(4)3(5)6/h2-13H2,1H3,(H,15,16);2,4H,1H3,(H,5,6)/p-2. The number of aliphatic carboxylic acids is 2. The molecule has 0 aliphatic rings.